The fourth-order valence-electron chi connectivity index (χ4n) is 16.1. The highest BCUT2D eigenvalue weighted by Crippen LogP contribution is 2.67. The molecule has 0 saturated carbocycles. The molecular formula is C80H64N2O2. The van der Waals surface area contributed by atoms with E-state index in [0.717, 1.165) is 56.1 Å². The Morgan fingerprint density at radius 1 is 0.417 bits per heavy atom. The normalized spacial score (nSPS) is 15.3. The Labute approximate surface area is 491 Å². The third-order valence-electron chi connectivity index (χ3n) is 19.9. The zero-order valence-electron chi connectivity index (χ0n) is 49.1. The third kappa shape index (κ3) is 6.49. The molecule has 4 aliphatic rings. The van der Waals surface area contributed by atoms with Crippen LogP contribution in [-0.4, -0.2) is 4.57 Å². The van der Waals surface area contributed by atoms with Gasteiger partial charge in [-0.25, -0.2) is 0 Å². The Kier molecular flexibility index (Phi) is 9.90. The van der Waals surface area contributed by atoms with Crippen LogP contribution in [0.5, 0.6) is 5.75 Å². The summed E-state index contributed by atoms with van der Waals surface area (Å²) < 4.78 is 16.6. The largest absolute Gasteiger partial charge is 0.488 e. The van der Waals surface area contributed by atoms with E-state index >= 15 is 0 Å². The number of anilines is 3. The molecule has 84 heavy (non-hydrogen) atoms. The molecule has 0 radical (unpaired) electrons. The van der Waals surface area contributed by atoms with Gasteiger partial charge in [0.2, 0.25) is 0 Å². The molecule has 2 aromatic heterocycles. The van der Waals surface area contributed by atoms with E-state index in [0.29, 0.717) is 6.61 Å². The highest BCUT2D eigenvalue weighted by atomic mass is 16.5. The first-order chi connectivity index (χ1) is 40.6. The summed E-state index contributed by atoms with van der Waals surface area (Å²) in [6.45, 7) is 22.1. The molecule has 4 heteroatoms. The number of furan rings is 1. The highest BCUT2D eigenvalue weighted by Gasteiger charge is 2.50. The van der Waals surface area contributed by atoms with E-state index in [-0.39, 0.29) is 16.2 Å². The Hall–Kier alpha value is -9.38. The molecule has 11 aromatic carbocycles. The first kappa shape index (κ1) is 49.2. The quantitative estimate of drug-likeness (QED) is 0.172. The number of ether oxygens (including phenoxy) is 1. The van der Waals surface area contributed by atoms with E-state index in [1.54, 1.807) is 0 Å². The summed E-state index contributed by atoms with van der Waals surface area (Å²) in [6, 6.07) is 79.4. The van der Waals surface area contributed by atoms with Gasteiger partial charge in [0.25, 0.3) is 0 Å². The summed E-state index contributed by atoms with van der Waals surface area (Å²) in [5.74, 6) is 1.01. The first-order valence-electron chi connectivity index (χ1n) is 29.9. The lowest BCUT2D eigenvalue weighted by Gasteiger charge is -2.34. The minimum absolute atomic E-state index is 0.0826. The van der Waals surface area contributed by atoms with Crippen molar-refractivity contribution in [3.8, 4) is 67.1 Å². The fraction of sp³-hybridized carbons (Fsp3) is 0.175. The lowest BCUT2D eigenvalue weighted by Crippen LogP contribution is -2.25. The summed E-state index contributed by atoms with van der Waals surface area (Å²) in [5, 5.41) is 4.78. The molecular weight excluding hydrogens is 1020 g/mol. The number of benzene rings is 11. The number of fused-ring (bicyclic) bond motifs is 22. The molecule has 0 unspecified atom stereocenters. The molecule has 1 aliphatic heterocycles. The van der Waals surface area contributed by atoms with Crippen molar-refractivity contribution in [2.75, 3.05) is 4.90 Å². The van der Waals surface area contributed by atoms with Crippen molar-refractivity contribution in [2.45, 2.75) is 90.6 Å². The van der Waals surface area contributed by atoms with Crippen molar-refractivity contribution in [1.82, 2.24) is 4.57 Å². The summed E-state index contributed by atoms with van der Waals surface area (Å²) in [5.41, 5.74) is 30.6. The Balaban J connectivity index is 0.911. The summed E-state index contributed by atoms with van der Waals surface area (Å²) in [6.07, 6.45) is 0. The molecule has 3 aliphatic carbocycles. The van der Waals surface area contributed by atoms with Crippen molar-refractivity contribution in [2.24, 2.45) is 0 Å². The van der Waals surface area contributed by atoms with E-state index in [4.69, 9.17) is 9.15 Å². The maximum absolute atomic E-state index is 7.15. The highest BCUT2D eigenvalue weighted by molar-refractivity contribution is 6.19. The van der Waals surface area contributed by atoms with E-state index in [9.17, 15) is 0 Å². The van der Waals surface area contributed by atoms with Crippen molar-refractivity contribution in [1.29, 1.82) is 0 Å². The maximum atomic E-state index is 7.15. The van der Waals surface area contributed by atoms with Gasteiger partial charge in [0.15, 0.2) is 0 Å². The maximum Gasteiger partial charge on any atom is 0.143 e. The second-order valence-electron chi connectivity index (χ2n) is 26.7. The standard InChI is InChI=1S/C80H64N2O2/c1-77(2,3)60-31-19-15-27-52(60)59-44-64-68(71-58-30-18-22-34-67(58)84-75(59)71)56-39-36-48(41-62(56)78(64,4)5)81(50-35-38-54-53-28-17-21-33-65(53)82(66(54)43-50)47-24-11-10-12-25-47)49-37-40-57-63(42-49)80(8,9)74-72(57)76-70(51-26-14-13-23-46(51)45-83-76)69-55-29-16-20-32-61(55)79(6,7)73(69)74/h10-44H,45H2,1-9H3. The molecule has 0 atom stereocenters. The zero-order chi connectivity index (χ0) is 56.9. The molecule has 0 saturated heterocycles. The Morgan fingerprint density at radius 2 is 0.988 bits per heavy atom. The molecule has 4 nitrogen and oxygen atoms in total. The number of para-hydroxylation sites is 3. The van der Waals surface area contributed by atoms with Crippen LogP contribution in [0.25, 0.3) is 105 Å². The minimum Gasteiger partial charge on any atom is -0.488 e. The van der Waals surface area contributed by atoms with Gasteiger partial charge in [-0.1, -0.05) is 208 Å². The van der Waals surface area contributed by atoms with Crippen molar-refractivity contribution < 1.29 is 9.15 Å². The van der Waals surface area contributed by atoms with E-state index in [1.165, 1.54) is 116 Å². The van der Waals surface area contributed by atoms with Gasteiger partial charge < -0.3 is 18.6 Å². The van der Waals surface area contributed by atoms with E-state index in [1.807, 2.05) is 0 Å². The minimum atomic E-state index is -0.390. The van der Waals surface area contributed by atoms with Gasteiger partial charge in [-0.15, -0.1) is 0 Å². The van der Waals surface area contributed by atoms with Gasteiger partial charge in [0.1, 0.15) is 23.5 Å². The topological polar surface area (TPSA) is 30.5 Å². The molecule has 17 rings (SSSR count). The number of rotatable bonds is 5. The van der Waals surface area contributed by atoms with Crippen molar-refractivity contribution in [3.63, 3.8) is 0 Å². The molecule has 406 valence electrons. The predicted molar refractivity (Wildman–Crippen MR) is 349 cm³/mol. The lowest BCUT2D eigenvalue weighted by atomic mass is 9.71. The number of hydrogen-bond acceptors (Lipinski definition) is 3. The summed E-state index contributed by atoms with van der Waals surface area (Å²) in [7, 11) is 0. The van der Waals surface area contributed by atoms with Crippen molar-refractivity contribution >= 4 is 60.8 Å². The average molecular weight is 1090 g/mol. The molecule has 13 aromatic rings. The molecule has 3 heterocycles. The fourth-order valence-corrected chi connectivity index (χ4v) is 16.1. The van der Waals surface area contributed by atoms with E-state index in [2.05, 4.69) is 284 Å². The van der Waals surface area contributed by atoms with Crippen LogP contribution in [0, 0.1) is 0 Å². The molecule has 0 bridgehead atoms. The monoisotopic (exact) mass is 1080 g/mol. The van der Waals surface area contributed by atoms with E-state index < -0.39 is 5.41 Å². The van der Waals surface area contributed by atoms with Gasteiger partial charge in [-0.3, -0.25) is 0 Å². The van der Waals surface area contributed by atoms with Crippen molar-refractivity contribution in [3.05, 3.63) is 257 Å². The average Bonchev–Trinajstić information content (AvgIpc) is 2.59. The smallest absolute Gasteiger partial charge is 0.143 e. The second-order valence-corrected chi connectivity index (χ2v) is 26.7. The summed E-state index contributed by atoms with van der Waals surface area (Å²) >= 11 is 0. The van der Waals surface area contributed by atoms with Crippen LogP contribution in [0.1, 0.15) is 107 Å². The molecule has 0 fully saturated rings. The number of hydrogen-bond donors (Lipinski definition) is 0. The Bertz CT molecular complexity index is 5030. The molecule has 0 amide bonds. The zero-order valence-corrected chi connectivity index (χ0v) is 49.1. The van der Waals surface area contributed by atoms with Gasteiger partial charge in [0, 0.05) is 77.2 Å². The first-order valence-corrected chi connectivity index (χ1v) is 29.9. The van der Waals surface area contributed by atoms with Crippen LogP contribution in [0.15, 0.2) is 217 Å². The molecule has 0 spiro atoms. The lowest BCUT2D eigenvalue weighted by molar-refractivity contribution is 0.303. The van der Waals surface area contributed by atoms with Crippen LogP contribution in [0.2, 0.25) is 0 Å². The van der Waals surface area contributed by atoms with Crippen LogP contribution >= 0.6 is 0 Å². The van der Waals surface area contributed by atoms with Gasteiger partial charge >= 0.3 is 0 Å². The van der Waals surface area contributed by atoms with Gasteiger partial charge in [0.05, 0.1) is 11.0 Å². The van der Waals surface area contributed by atoms with Gasteiger partial charge in [-0.2, -0.15) is 0 Å². The third-order valence-corrected chi connectivity index (χ3v) is 19.9. The predicted octanol–water partition coefficient (Wildman–Crippen LogP) is 21.6. The summed E-state index contributed by atoms with van der Waals surface area (Å²) in [4.78, 5) is 2.53. The number of nitrogens with zero attached hydrogens (tertiary/aromatic N) is 2. The van der Waals surface area contributed by atoms with Crippen LogP contribution in [0.3, 0.4) is 0 Å². The van der Waals surface area contributed by atoms with Crippen LogP contribution in [0.4, 0.5) is 17.1 Å². The second kappa shape index (κ2) is 16.9. The molecule has 0 N–H and O–H groups in total. The number of aromatic nitrogens is 1. The van der Waals surface area contributed by atoms with Crippen LogP contribution in [-0.2, 0) is 28.3 Å². The van der Waals surface area contributed by atoms with Crippen LogP contribution < -0.4 is 9.64 Å². The SMILES string of the molecule is CC(C)(C)c1ccccc1-c1cc2c(c3c1oc1ccccc13)-c1ccc(N(c3ccc4c(c3)C(C)(C)c3c-4c4c(c5c3C(C)(C)c3ccccc3-5)-c3ccccc3CO4)c3ccc4c5ccccc5n(-c5ccccc5)c4c3)cc1C2(C)C. The van der Waals surface area contributed by atoms with Gasteiger partial charge in [-0.05, 0) is 156 Å². The Morgan fingerprint density at radius 3 is 1.76 bits per heavy atom.